The van der Waals surface area contributed by atoms with Crippen molar-refractivity contribution in [1.29, 1.82) is 0 Å². The summed E-state index contributed by atoms with van der Waals surface area (Å²) in [5.41, 5.74) is 1.24. The van der Waals surface area contributed by atoms with Gasteiger partial charge < -0.3 is 16.0 Å². The maximum Gasteiger partial charge on any atom is 0.319 e. The number of benzene rings is 1. The van der Waals surface area contributed by atoms with E-state index in [-0.39, 0.29) is 11.9 Å². The summed E-state index contributed by atoms with van der Waals surface area (Å²) in [5.74, 6) is 0.382. The van der Waals surface area contributed by atoms with E-state index in [1.165, 1.54) is 0 Å². The molecule has 0 fully saturated rings. The number of rotatable bonds is 4. The van der Waals surface area contributed by atoms with E-state index < -0.39 is 0 Å². The smallest absolute Gasteiger partial charge is 0.319 e. The van der Waals surface area contributed by atoms with E-state index in [1.807, 2.05) is 0 Å². The third-order valence-corrected chi connectivity index (χ3v) is 3.56. The Balaban J connectivity index is 1.79. The first-order valence-electron chi connectivity index (χ1n) is 7.21. The second-order valence-electron chi connectivity index (χ2n) is 5.14. The average molecular weight is 287 g/mol. The lowest BCUT2D eigenvalue weighted by atomic mass is 9.94. The van der Waals surface area contributed by atoms with Crippen LogP contribution < -0.4 is 16.0 Å². The van der Waals surface area contributed by atoms with Crippen LogP contribution in [0.2, 0.25) is 0 Å². The molecule has 21 heavy (non-hydrogen) atoms. The maximum absolute atomic E-state index is 11.8. The van der Waals surface area contributed by atoms with Gasteiger partial charge in [0.05, 0.1) is 0 Å². The summed E-state index contributed by atoms with van der Waals surface area (Å²) >= 11 is 0. The van der Waals surface area contributed by atoms with Crippen molar-refractivity contribution in [2.75, 3.05) is 18.9 Å². The van der Waals surface area contributed by atoms with Crippen LogP contribution >= 0.6 is 0 Å². The summed E-state index contributed by atoms with van der Waals surface area (Å²) < 4.78 is 0. The normalized spacial score (nSPS) is 17.1. The number of anilines is 1. The van der Waals surface area contributed by atoms with Crippen molar-refractivity contribution in [2.45, 2.75) is 19.3 Å². The van der Waals surface area contributed by atoms with Crippen molar-refractivity contribution in [2.24, 2.45) is 5.92 Å². The van der Waals surface area contributed by atoms with Gasteiger partial charge >= 0.3 is 6.03 Å². The van der Waals surface area contributed by atoms with Gasteiger partial charge in [-0.3, -0.25) is 4.79 Å². The Morgan fingerprint density at radius 2 is 1.95 bits per heavy atom. The van der Waals surface area contributed by atoms with Crippen LogP contribution in [0.4, 0.5) is 10.5 Å². The SMILES string of the molecule is CNC(=O)c1ccc(NC(=O)NC[C@H]2CC=CCC2)cc1. The lowest BCUT2D eigenvalue weighted by Gasteiger charge is -2.18. The van der Waals surface area contributed by atoms with Crippen LogP contribution in [0.3, 0.4) is 0 Å². The Labute approximate surface area is 124 Å². The first-order valence-corrected chi connectivity index (χ1v) is 7.21. The molecule has 5 nitrogen and oxygen atoms in total. The quantitative estimate of drug-likeness (QED) is 0.745. The van der Waals surface area contributed by atoms with E-state index in [9.17, 15) is 9.59 Å². The summed E-state index contributed by atoms with van der Waals surface area (Å²) in [7, 11) is 1.59. The van der Waals surface area contributed by atoms with Gasteiger partial charge in [-0.1, -0.05) is 12.2 Å². The first-order chi connectivity index (χ1) is 10.2. The molecule has 112 valence electrons. The van der Waals surface area contributed by atoms with E-state index in [1.54, 1.807) is 31.3 Å². The predicted octanol–water partition coefficient (Wildman–Crippen LogP) is 2.52. The van der Waals surface area contributed by atoms with Gasteiger partial charge in [-0.2, -0.15) is 0 Å². The van der Waals surface area contributed by atoms with Gasteiger partial charge in [0.2, 0.25) is 0 Å². The van der Waals surface area contributed by atoms with Crippen LogP contribution in [0.25, 0.3) is 0 Å². The number of carbonyl (C=O) groups is 2. The van der Waals surface area contributed by atoms with E-state index in [4.69, 9.17) is 0 Å². The zero-order chi connectivity index (χ0) is 15.1. The molecule has 0 saturated carbocycles. The molecular formula is C16H21N3O2. The molecule has 5 heteroatoms. The lowest BCUT2D eigenvalue weighted by molar-refractivity contribution is 0.0963. The van der Waals surface area contributed by atoms with Gasteiger partial charge in [-0.25, -0.2) is 4.79 Å². The van der Waals surface area contributed by atoms with Gasteiger partial charge in [0.25, 0.3) is 5.91 Å². The minimum absolute atomic E-state index is 0.142. The minimum atomic E-state index is -0.211. The number of nitrogens with one attached hydrogen (secondary N) is 3. The van der Waals surface area contributed by atoms with E-state index in [0.717, 1.165) is 19.3 Å². The van der Waals surface area contributed by atoms with E-state index in [0.29, 0.717) is 23.7 Å². The highest BCUT2D eigenvalue weighted by Gasteiger charge is 2.11. The van der Waals surface area contributed by atoms with Crippen molar-refractivity contribution < 1.29 is 9.59 Å². The number of urea groups is 1. The average Bonchev–Trinajstić information content (AvgIpc) is 2.54. The Bertz CT molecular complexity index is 523. The fourth-order valence-corrected chi connectivity index (χ4v) is 2.30. The van der Waals surface area contributed by atoms with Crippen molar-refractivity contribution in [1.82, 2.24) is 10.6 Å². The molecule has 1 aliphatic carbocycles. The molecule has 1 aromatic carbocycles. The Morgan fingerprint density at radius 1 is 1.19 bits per heavy atom. The van der Waals surface area contributed by atoms with E-state index >= 15 is 0 Å². The Morgan fingerprint density at radius 3 is 2.57 bits per heavy atom. The van der Waals surface area contributed by atoms with Crippen LogP contribution in [-0.4, -0.2) is 25.5 Å². The number of amides is 3. The van der Waals surface area contributed by atoms with Crippen molar-refractivity contribution in [3.05, 3.63) is 42.0 Å². The molecule has 2 rings (SSSR count). The molecule has 0 heterocycles. The largest absolute Gasteiger partial charge is 0.355 e. The van der Waals surface area contributed by atoms with Gasteiger partial charge in [-0.15, -0.1) is 0 Å². The molecule has 1 aliphatic rings. The number of allylic oxidation sites excluding steroid dienone is 2. The Kier molecular flexibility index (Phi) is 5.37. The molecule has 0 aromatic heterocycles. The molecule has 0 bridgehead atoms. The van der Waals surface area contributed by atoms with Crippen molar-refractivity contribution >= 4 is 17.6 Å². The molecule has 3 amide bonds. The predicted molar refractivity (Wildman–Crippen MR) is 83.3 cm³/mol. The highest BCUT2D eigenvalue weighted by Crippen LogP contribution is 2.17. The molecule has 1 aromatic rings. The topological polar surface area (TPSA) is 70.2 Å². The molecular weight excluding hydrogens is 266 g/mol. The monoisotopic (exact) mass is 287 g/mol. The molecule has 0 spiro atoms. The van der Waals surface area contributed by atoms with Crippen LogP contribution in [0.15, 0.2) is 36.4 Å². The number of hydrogen-bond acceptors (Lipinski definition) is 2. The highest BCUT2D eigenvalue weighted by atomic mass is 16.2. The van der Waals surface area contributed by atoms with Gasteiger partial charge in [0.15, 0.2) is 0 Å². The van der Waals surface area contributed by atoms with E-state index in [2.05, 4.69) is 28.1 Å². The van der Waals surface area contributed by atoms with Crippen molar-refractivity contribution in [3.63, 3.8) is 0 Å². The van der Waals surface area contributed by atoms with Crippen molar-refractivity contribution in [3.8, 4) is 0 Å². The summed E-state index contributed by atoms with van der Waals surface area (Å²) in [4.78, 5) is 23.2. The molecule has 1 atom stereocenters. The number of hydrogen-bond donors (Lipinski definition) is 3. The van der Waals surface area contributed by atoms with Gasteiger partial charge in [0, 0.05) is 24.8 Å². The highest BCUT2D eigenvalue weighted by molar-refractivity contribution is 5.95. The zero-order valence-corrected chi connectivity index (χ0v) is 12.2. The third-order valence-electron chi connectivity index (χ3n) is 3.56. The van der Waals surface area contributed by atoms with Crippen LogP contribution in [0.1, 0.15) is 29.6 Å². The molecule has 3 N–H and O–H groups in total. The Hall–Kier alpha value is -2.30. The van der Waals surface area contributed by atoms with Crippen LogP contribution in [0, 0.1) is 5.92 Å². The maximum atomic E-state index is 11.8. The number of carbonyl (C=O) groups excluding carboxylic acids is 2. The van der Waals surface area contributed by atoms with Gasteiger partial charge in [-0.05, 0) is 49.4 Å². The van der Waals surface area contributed by atoms with Crippen LogP contribution in [-0.2, 0) is 0 Å². The first kappa shape index (κ1) is 15.1. The molecule has 0 aliphatic heterocycles. The summed E-state index contributed by atoms with van der Waals surface area (Å²) in [6, 6.07) is 6.58. The fourth-order valence-electron chi connectivity index (χ4n) is 2.30. The van der Waals surface area contributed by atoms with Crippen LogP contribution in [0.5, 0.6) is 0 Å². The summed E-state index contributed by atoms with van der Waals surface area (Å²) in [6.45, 7) is 0.687. The van der Waals surface area contributed by atoms with Gasteiger partial charge in [0.1, 0.15) is 0 Å². The summed E-state index contributed by atoms with van der Waals surface area (Å²) in [5, 5.41) is 8.21. The fraction of sp³-hybridized carbons (Fsp3) is 0.375. The second-order valence-corrected chi connectivity index (χ2v) is 5.14. The molecule has 0 radical (unpaired) electrons. The zero-order valence-electron chi connectivity index (χ0n) is 12.2. The molecule has 0 saturated heterocycles. The third kappa shape index (κ3) is 4.63. The standard InChI is InChI=1S/C16H21N3O2/c1-17-15(20)13-7-9-14(10-8-13)19-16(21)18-11-12-5-3-2-4-6-12/h2-3,7-10,12H,4-6,11H2,1H3,(H,17,20)(H2,18,19,21)/t12-/m0/s1. The minimum Gasteiger partial charge on any atom is -0.355 e. The summed E-state index contributed by atoms with van der Waals surface area (Å²) in [6.07, 6.45) is 7.60. The lowest BCUT2D eigenvalue weighted by Crippen LogP contribution is -2.33. The second kappa shape index (κ2) is 7.47. The molecule has 0 unspecified atom stereocenters.